The molecule has 2 aromatic rings. The van der Waals surface area contributed by atoms with Crippen molar-refractivity contribution in [1.82, 2.24) is 0 Å². The number of nitrogens with two attached hydrogens (primary N) is 1. The van der Waals surface area contributed by atoms with Crippen LogP contribution in [0.3, 0.4) is 0 Å². The number of amidine groups is 1. The molecule has 1 saturated carbocycles. The molecule has 2 aromatic carbocycles. The molecule has 1 spiro atoms. The van der Waals surface area contributed by atoms with Crippen LogP contribution in [-0.2, 0) is 26.2 Å². The maximum atomic E-state index is 14.3. The van der Waals surface area contributed by atoms with Crippen LogP contribution in [-0.4, -0.2) is 30.9 Å². The third-order valence-electron chi connectivity index (χ3n) is 7.11. The third kappa shape index (κ3) is 2.02. The standard InChI is InChI=1S/C25H23N5O3/c1-3-32-25(33-4-2)23(16-27)22(15-26,20(28)29-25)24(23)18-12-8-9-13-19(18)30(21(24)31)14-17-10-6-5-7-11-17/h5-13H,3-4,14H2,1-2H3,(H2,28,29)/t22-,23+,24-/m0/s1. The van der Waals surface area contributed by atoms with Gasteiger partial charge in [-0.3, -0.25) is 4.79 Å². The van der Waals surface area contributed by atoms with E-state index in [1.165, 1.54) is 0 Å². The minimum absolute atomic E-state index is 0.113. The number of carbonyl (C=O) groups excluding carboxylic acids is 1. The van der Waals surface area contributed by atoms with Crippen LogP contribution in [0.5, 0.6) is 0 Å². The molecule has 0 aromatic heterocycles. The lowest BCUT2D eigenvalue weighted by atomic mass is 9.84. The number of nitriles is 2. The topological polar surface area (TPSA) is 125 Å². The van der Waals surface area contributed by atoms with Gasteiger partial charge >= 0.3 is 0 Å². The van der Waals surface area contributed by atoms with Crippen LogP contribution < -0.4 is 10.6 Å². The van der Waals surface area contributed by atoms with Gasteiger partial charge in [0, 0.05) is 18.9 Å². The van der Waals surface area contributed by atoms with Crippen molar-refractivity contribution in [1.29, 1.82) is 10.5 Å². The zero-order chi connectivity index (χ0) is 23.5. The molecule has 5 rings (SSSR count). The van der Waals surface area contributed by atoms with Gasteiger partial charge in [-0.1, -0.05) is 48.5 Å². The predicted octanol–water partition coefficient (Wildman–Crippen LogP) is 2.60. The van der Waals surface area contributed by atoms with Crippen LogP contribution in [0.4, 0.5) is 5.69 Å². The summed E-state index contributed by atoms with van der Waals surface area (Å²) in [7, 11) is 0. The SMILES string of the molecule is CCOC1(OCC)N=C(N)[C@]2(C#N)[C@]3(C(=O)N(Cc4ccccc4)c4ccccc43)[C@]12C#N. The van der Waals surface area contributed by atoms with E-state index < -0.39 is 22.2 Å². The number of anilines is 1. The van der Waals surface area contributed by atoms with Gasteiger partial charge in [-0.15, -0.1) is 0 Å². The summed E-state index contributed by atoms with van der Waals surface area (Å²) < 4.78 is 11.9. The number of nitrogens with zero attached hydrogens (tertiary/aromatic N) is 4. The number of amides is 1. The van der Waals surface area contributed by atoms with Gasteiger partial charge in [0.05, 0.1) is 18.7 Å². The number of rotatable bonds is 6. The molecular weight excluding hydrogens is 418 g/mol. The summed E-state index contributed by atoms with van der Waals surface area (Å²) >= 11 is 0. The lowest BCUT2D eigenvalue weighted by Gasteiger charge is -2.33. The first-order valence-corrected chi connectivity index (χ1v) is 10.9. The molecule has 8 nitrogen and oxygen atoms in total. The molecule has 166 valence electrons. The van der Waals surface area contributed by atoms with E-state index in [0.29, 0.717) is 11.3 Å². The summed E-state index contributed by atoms with van der Waals surface area (Å²) in [5, 5.41) is 21.2. The zero-order valence-corrected chi connectivity index (χ0v) is 18.4. The molecule has 2 heterocycles. The van der Waals surface area contributed by atoms with Gasteiger partial charge in [-0.2, -0.15) is 10.5 Å². The monoisotopic (exact) mass is 441 g/mol. The van der Waals surface area contributed by atoms with Crippen LogP contribution in [0, 0.1) is 33.5 Å². The van der Waals surface area contributed by atoms with Gasteiger partial charge in [0.2, 0.25) is 5.91 Å². The minimum Gasteiger partial charge on any atom is -0.386 e. The Kier molecular flexibility index (Phi) is 4.41. The van der Waals surface area contributed by atoms with Crippen LogP contribution in [0.1, 0.15) is 25.0 Å². The highest BCUT2D eigenvalue weighted by Crippen LogP contribution is 2.87. The molecule has 3 aliphatic rings. The molecule has 2 N–H and O–H groups in total. The Balaban J connectivity index is 1.78. The fourth-order valence-electron chi connectivity index (χ4n) is 6.03. The maximum absolute atomic E-state index is 14.3. The van der Waals surface area contributed by atoms with Crippen molar-refractivity contribution in [2.45, 2.75) is 31.7 Å². The molecule has 1 aliphatic carbocycles. The van der Waals surface area contributed by atoms with Crippen LogP contribution in [0.15, 0.2) is 59.6 Å². The normalized spacial score (nSPS) is 30.4. The number of benzene rings is 2. The molecule has 1 fully saturated rings. The van der Waals surface area contributed by atoms with E-state index in [0.717, 1.165) is 5.56 Å². The first kappa shape index (κ1) is 21.1. The van der Waals surface area contributed by atoms with Crippen molar-refractivity contribution in [3.8, 4) is 12.1 Å². The second-order valence-electron chi connectivity index (χ2n) is 8.31. The molecule has 0 bridgehead atoms. The fourth-order valence-corrected chi connectivity index (χ4v) is 6.03. The summed E-state index contributed by atoms with van der Waals surface area (Å²) in [6.45, 7) is 4.08. The highest BCUT2D eigenvalue weighted by molar-refractivity contribution is 6.21. The number of para-hydroxylation sites is 1. The largest absolute Gasteiger partial charge is 0.386 e. The number of fused-ring (bicyclic) bond motifs is 5. The van der Waals surface area contributed by atoms with E-state index in [1.807, 2.05) is 42.5 Å². The van der Waals surface area contributed by atoms with Gasteiger partial charge in [-0.25, -0.2) is 4.99 Å². The van der Waals surface area contributed by atoms with Gasteiger partial charge < -0.3 is 20.1 Å². The minimum atomic E-state index is -1.86. The molecule has 3 atom stereocenters. The molecule has 8 heteroatoms. The molecule has 33 heavy (non-hydrogen) atoms. The molecule has 2 aliphatic heterocycles. The van der Waals surface area contributed by atoms with Gasteiger partial charge in [0.25, 0.3) is 5.91 Å². The third-order valence-corrected chi connectivity index (χ3v) is 7.11. The van der Waals surface area contributed by atoms with Crippen molar-refractivity contribution in [2.24, 2.45) is 21.6 Å². The smallest absolute Gasteiger partial charge is 0.294 e. The van der Waals surface area contributed by atoms with E-state index in [2.05, 4.69) is 17.1 Å². The summed E-state index contributed by atoms with van der Waals surface area (Å²) in [5.74, 6) is -2.35. The predicted molar refractivity (Wildman–Crippen MR) is 119 cm³/mol. The lowest BCUT2D eigenvalue weighted by molar-refractivity contribution is -0.257. The van der Waals surface area contributed by atoms with E-state index in [9.17, 15) is 15.3 Å². The quantitative estimate of drug-likeness (QED) is 0.687. The second-order valence-corrected chi connectivity index (χ2v) is 8.31. The highest BCUT2D eigenvalue weighted by Gasteiger charge is 3.05. The molecule has 0 radical (unpaired) electrons. The highest BCUT2D eigenvalue weighted by atomic mass is 16.7. The summed E-state index contributed by atoms with van der Waals surface area (Å²) in [5.41, 5.74) is 3.43. The van der Waals surface area contributed by atoms with E-state index in [-0.39, 0.29) is 31.5 Å². The Morgan fingerprint density at radius 1 is 1.00 bits per heavy atom. The average molecular weight is 441 g/mol. The van der Waals surface area contributed by atoms with Crippen molar-refractivity contribution < 1.29 is 14.3 Å². The fraction of sp³-hybridized carbons (Fsp3) is 0.360. The van der Waals surface area contributed by atoms with Crippen molar-refractivity contribution in [2.75, 3.05) is 18.1 Å². The first-order valence-electron chi connectivity index (χ1n) is 10.9. The molecule has 0 saturated heterocycles. The van der Waals surface area contributed by atoms with E-state index >= 15 is 0 Å². The summed E-state index contributed by atoms with van der Waals surface area (Å²) in [6.07, 6.45) is 0. The number of hydrogen-bond acceptors (Lipinski definition) is 7. The first-order chi connectivity index (χ1) is 16.0. The number of hydrogen-bond donors (Lipinski definition) is 1. The van der Waals surface area contributed by atoms with Crippen LogP contribution >= 0.6 is 0 Å². The zero-order valence-electron chi connectivity index (χ0n) is 18.4. The molecule has 0 unspecified atom stereocenters. The molecular formula is C25H23N5O3. The van der Waals surface area contributed by atoms with Crippen molar-refractivity contribution >= 4 is 17.4 Å². The van der Waals surface area contributed by atoms with E-state index in [1.54, 1.807) is 30.9 Å². The van der Waals surface area contributed by atoms with Crippen molar-refractivity contribution in [3.05, 3.63) is 65.7 Å². The Bertz CT molecular complexity index is 1260. The number of carbonyl (C=O) groups is 1. The van der Waals surface area contributed by atoms with Crippen LogP contribution in [0.2, 0.25) is 0 Å². The summed E-state index contributed by atoms with van der Waals surface area (Å²) in [6, 6.07) is 21.3. The van der Waals surface area contributed by atoms with Crippen molar-refractivity contribution in [3.63, 3.8) is 0 Å². The summed E-state index contributed by atoms with van der Waals surface area (Å²) in [4.78, 5) is 20.3. The number of ether oxygens (including phenoxy) is 2. The Morgan fingerprint density at radius 2 is 1.64 bits per heavy atom. The van der Waals surface area contributed by atoms with Gasteiger partial charge in [-0.05, 0) is 31.0 Å². The lowest BCUT2D eigenvalue weighted by Crippen LogP contribution is -2.49. The van der Waals surface area contributed by atoms with Crippen LogP contribution in [0.25, 0.3) is 0 Å². The van der Waals surface area contributed by atoms with E-state index in [4.69, 9.17) is 15.2 Å². The second kappa shape index (κ2) is 6.89. The Labute approximate surface area is 191 Å². The Morgan fingerprint density at radius 3 is 2.24 bits per heavy atom. The van der Waals surface area contributed by atoms with Gasteiger partial charge in [0.1, 0.15) is 11.3 Å². The maximum Gasteiger partial charge on any atom is 0.294 e. The number of aliphatic imine (C=N–C) groups is 1. The van der Waals surface area contributed by atoms with Gasteiger partial charge in [0.15, 0.2) is 10.8 Å². The molecule has 1 amide bonds. The average Bonchev–Trinajstić information content (AvgIpc) is 3.24. The Hall–Kier alpha value is -3.72.